The first kappa shape index (κ1) is 19.7. The zero-order valence-corrected chi connectivity index (χ0v) is 17.7. The molecule has 0 aliphatic carbocycles. The fraction of sp³-hybridized carbons (Fsp3) is 0.400. The van der Waals surface area contributed by atoms with Gasteiger partial charge in [-0.2, -0.15) is 4.98 Å². The fourth-order valence-corrected chi connectivity index (χ4v) is 3.50. The van der Waals surface area contributed by atoms with E-state index in [1.165, 1.54) is 0 Å². The summed E-state index contributed by atoms with van der Waals surface area (Å²) in [4.78, 5) is 24.3. The molecule has 2 aromatic heterocycles. The number of fused-ring (bicyclic) bond motifs is 1. The van der Waals surface area contributed by atoms with Crippen molar-refractivity contribution < 1.29 is 9.47 Å². The predicted molar refractivity (Wildman–Crippen MR) is 118 cm³/mol. The van der Waals surface area contributed by atoms with E-state index in [2.05, 4.69) is 24.8 Å². The van der Waals surface area contributed by atoms with Crippen LogP contribution >= 0.6 is 0 Å². The third-order valence-corrected chi connectivity index (χ3v) is 5.20. The molecule has 1 aliphatic heterocycles. The van der Waals surface area contributed by atoms with Crippen LogP contribution in [0.25, 0.3) is 10.9 Å². The first-order valence-electron chi connectivity index (χ1n) is 9.68. The largest absolute Gasteiger partial charge is 0.493 e. The van der Waals surface area contributed by atoms with E-state index in [-0.39, 0.29) is 0 Å². The number of nitrogen functional groups attached to an aromatic ring is 1. The Labute approximate surface area is 175 Å². The Balaban J connectivity index is 1.55. The van der Waals surface area contributed by atoms with Crippen LogP contribution in [-0.4, -0.2) is 74.4 Å². The highest BCUT2D eigenvalue weighted by atomic mass is 16.5. The monoisotopic (exact) mass is 410 g/mol. The first-order chi connectivity index (χ1) is 14.5. The number of hydrogen-bond acceptors (Lipinski definition) is 10. The van der Waals surface area contributed by atoms with Gasteiger partial charge >= 0.3 is 0 Å². The summed E-state index contributed by atoms with van der Waals surface area (Å²) < 4.78 is 10.8. The molecule has 0 saturated carbocycles. The molecule has 4 rings (SSSR count). The maximum Gasteiger partial charge on any atom is 0.228 e. The molecule has 1 aromatic carbocycles. The molecule has 1 saturated heterocycles. The summed E-state index contributed by atoms with van der Waals surface area (Å²) >= 11 is 0. The number of aromatic nitrogens is 4. The molecule has 3 aromatic rings. The Kier molecular flexibility index (Phi) is 5.30. The van der Waals surface area contributed by atoms with Crippen LogP contribution in [0.2, 0.25) is 0 Å². The number of ether oxygens (including phenoxy) is 2. The van der Waals surface area contributed by atoms with Gasteiger partial charge in [-0.3, -0.25) is 0 Å². The van der Waals surface area contributed by atoms with Gasteiger partial charge in [-0.1, -0.05) is 0 Å². The Bertz CT molecular complexity index is 1050. The zero-order valence-electron chi connectivity index (χ0n) is 17.7. The lowest BCUT2D eigenvalue weighted by atomic mass is 10.2. The second-order valence-electron chi connectivity index (χ2n) is 7.24. The van der Waals surface area contributed by atoms with Crippen LogP contribution in [0.1, 0.15) is 0 Å². The van der Waals surface area contributed by atoms with Crippen LogP contribution in [0.5, 0.6) is 11.5 Å². The number of benzene rings is 1. The van der Waals surface area contributed by atoms with Crippen LogP contribution < -0.4 is 29.9 Å². The summed E-state index contributed by atoms with van der Waals surface area (Å²) in [6.07, 6.45) is 1.60. The minimum atomic E-state index is 0.421. The number of hydrogen-bond donors (Lipinski definition) is 1. The van der Waals surface area contributed by atoms with Gasteiger partial charge in [-0.05, 0) is 6.07 Å². The van der Waals surface area contributed by atoms with Crippen molar-refractivity contribution in [3.63, 3.8) is 0 Å². The molecule has 0 bridgehead atoms. The molecule has 0 spiro atoms. The second kappa shape index (κ2) is 8.05. The highest BCUT2D eigenvalue weighted by Crippen LogP contribution is 2.34. The summed E-state index contributed by atoms with van der Waals surface area (Å²) in [6.45, 7) is 3.13. The predicted octanol–water partition coefficient (Wildman–Crippen LogP) is 1.41. The Morgan fingerprint density at radius 3 is 2.23 bits per heavy atom. The molecule has 0 amide bonds. The summed E-state index contributed by atoms with van der Waals surface area (Å²) in [5.74, 6) is 4.05. The normalized spacial score (nSPS) is 14.1. The molecular formula is C20H26N8O2. The van der Waals surface area contributed by atoms with Gasteiger partial charge in [0.2, 0.25) is 5.95 Å². The van der Waals surface area contributed by atoms with E-state index in [1.54, 1.807) is 20.5 Å². The maximum absolute atomic E-state index is 6.24. The zero-order chi connectivity index (χ0) is 21.3. The first-order valence-corrected chi connectivity index (χ1v) is 9.68. The van der Waals surface area contributed by atoms with E-state index in [9.17, 15) is 0 Å². The van der Waals surface area contributed by atoms with Gasteiger partial charge in [-0.25, -0.2) is 15.0 Å². The molecule has 1 fully saturated rings. The number of rotatable bonds is 5. The molecule has 0 unspecified atom stereocenters. The molecule has 1 aliphatic rings. The van der Waals surface area contributed by atoms with Crippen LogP contribution in [0, 0.1) is 0 Å². The summed E-state index contributed by atoms with van der Waals surface area (Å²) in [6, 6.07) is 5.64. The van der Waals surface area contributed by atoms with E-state index in [1.807, 2.05) is 37.2 Å². The smallest absolute Gasteiger partial charge is 0.228 e. The standard InChI is InChI=1S/C20H26N8O2/c1-26(2)17-11-18(23-12-22-17)27-5-7-28(8-6-27)20-24-14-10-16(30-4)15(29-3)9-13(14)19(21)25-20/h9-12H,5-8H2,1-4H3,(H2,21,24,25). The molecule has 3 heterocycles. The SMILES string of the molecule is COc1cc2nc(N3CCN(c4cc(N(C)C)ncn4)CC3)nc(N)c2cc1OC. The summed E-state index contributed by atoms with van der Waals surface area (Å²) in [5.41, 5.74) is 6.96. The minimum absolute atomic E-state index is 0.421. The van der Waals surface area contributed by atoms with Crippen LogP contribution in [0.3, 0.4) is 0 Å². The molecular weight excluding hydrogens is 384 g/mol. The van der Waals surface area contributed by atoms with Crippen molar-refractivity contribution in [2.24, 2.45) is 0 Å². The molecule has 10 heteroatoms. The lowest BCUT2D eigenvalue weighted by molar-refractivity contribution is 0.356. The topological polar surface area (TPSA) is 106 Å². The number of nitrogens with zero attached hydrogens (tertiary/aromatic N) is 7. The van der Waals surface area contributed by atoms with Crippen LogP contribution in [-0.2, 0) is 0 Å². The van der Waals surface area contributed by atoms with Gasteiger partial charge in [0.15, 0.2) is 11.5 Å². The van der Waals surface area contributed by atoms with Gasteiger partial charge in [0.1, 0.15) is 23.8 Å². The highest BCUT2D eigenvalue weighted by molar-refractivity contribution is 5.91. The quantitative estimate of drug-likeness (QED) is 0.663. The van der Waals surface area contributed by atoms with E-state index >= 15 is 0 Å². The Morgan fingerprint density at radius 1 is 0.900 bits per heavy atom. The number of nitrogens with two attached hydrogens (primary N) is 1. The number of methoxy groups -OCH3 is 2. The second-order valence-corrected chi connectivity index (χ2v) is 7.24. The minimum Gasteiger partial charge on any atom is -0.493 e. The van der Waals surface area contributed by atoms with Crippen LogP contribution in [0.4, 0.5) is 23.4 Å². The molecule has 0 atom stereocenters. The van der Waals surface area contributed by atoms with Crippen molar-refractivity contribution in [2.75, 3.05) is 74.9 Å². The summed E-state index contributed by atoms with van der Waals surface area (Å²) in [5, 5.41) is 0.743. The van der Waals surface area contributed by atoms with Crippen molar-refractivity contribution in [3.05, 3.63) is 24.5 Å². The van der Waals surface area contributed by atoms with Gasteiger partial charge in [0.25, 0.3) is 0 Å². The fourth-order valence-electron chi connectivity index (χ4n) is 3.50. The van der Waals surface area contributed by atoms with Gasteiger partial charge in [0.05, 0.1) is 19.7 Å². The molecule has 2 N–H and O–H groups in total. The van der Waals surface area contributed by atoms with Crippen LogP contribution in [0.15, 0.2) is 24.5 Å². The van der Waals surface area contributed by atoms with E-state index in [0.29, 0.717) is 23.3 Å². The average molecular weight is 410 g/mol. The van der Waals surface area contributed by atoms with Crippen molar-refractivity contribution in [2.45, 2.75) is 0 Å². The van der Waals surface area contributed by atoms with Gasteiger partial charge < -0.3 is 29.9 Å². The third kappa shape index (κ3) is 3.68. The highest BCUT2D eigenvalue weighted by Gasteiger charge is 2.22. The molecule has 30 heavy (non-hydrogen) atoms. The molecule has 10 nitrogen and oxygen atoms in total. The van der Waals surface area contributed by atoms with Crippen molar-refractivity contribution in [3.8, 4) is 11.5 Å². The van der Waals surface area contributed by atoms with Crippen molar-refractivity contribution in [1.29, 1.82) is 0 Å². The Hall–Kier alpha value is -3.56. The van der Waals surface area contributed by atoms with E-state index < -0.39 is 0 Å². The van der Waals surface area contributed by atoms with E-state index in [4.69, 9.17) is 20.2 Å². The lowest BCUT2D eigenvalue weighted by Crippen LogP contribution is -2.47. The van der Waals surface area contributed by atoms with E-state index in [0.717, 1.165) is 48.7 Å². The van der Waals surface area contributed by atoms with Gasteiger partial charge in [0, 0.05) is 57.8 Å². The third-order valence-electron chi connectivity index (χ3n) is 5.20. The molecule has 0 radical (unpaired) electrons. The molecule has 158 valence electrons. The summed E-state index contributed by atoms with van der Waals surface area (Å²) in [7, 11) is 7.13. The van der Waals surface area contributed by atoms with Crippen molar-refractivity contribution >= 4 is 34.3 Å². The lowest BCUT2D eigenvalue weighted by Gasteiger charge is -2.35. The van der Waals surface area contributed by atoms with Crippen molar-refractivity contribution in [1.82, 2.24) is 19.9 Å². The maximum atomic E-state index is 6.24. The number of anilines is 4. The van der Waals surface area contributed by atoms with Gasteiger partial charge in [-0.15, -0.1) is 0 Å². The average Bonchev–Trinajstić information content (AvgIpc) is 2.78. The number of piperazine rings is 1. The Morgan fingerprint density at radius 2 is 1.57 bits per heavy atom.